The molecule has 0 aromatic heterocycles. The van der Waals surface area contributed by atoms with Gasteiger partial charge in [-0.2, -0.15) is 0 Å². The lowest BCUT2D eigenvalue weighted by atomic mass is 9.44. The Balaban J connectivity index is 2.10. The van der Waals surface area contributed by atoms with Crippen molar-refractivity contribution in [1.82, 2.24) is 0 Å². The highest BCUT2D eigenvalue weighted by molar-refractivity contribution is 6.13. The Morgan fingerprint density at radius 3 is 2.73 bits per heavy atom. The van der Waals surface area contributed by atoms with Gasteiger partial charge in [-0.3, -0.25) is 14.4 Å². The van der Waals surface area contributed by atoms with E-state index in [-0.39, 0.29) is 29.0 Å². The Morgan fingerprint density at radius 2 is 2.05 bits per heavy atom. The van der Waals surface area contributed by atoms with Gasteiger partial charge in [0.25, 0.3) is 0 Å². The molecule has 2 saturated carbocycles. The molecule has 0 unspecified atom stereocenters. The number of allylic oxidation sites excluding steroid dienone is 2. The molecule has 2 fully saturated rings. The fourth-order valence-electron chi connectivity index (χ4n) is 5.25. The van der Waals surface area contributed by atoms with Crippen molar-refractivity contribution in [3.8, 4) is 0 Å². The number of methoxy groups -OCH3 is 1. The molecular formula is C18H24O4. The summed E-state index contributed by atoms with van der Waals surface area (Å²) in [4.78, 5) is 37.4. The molecule has 0 N–H and O–H groups in total. The second-order valence-corrected chi connectivity index (χ2v) is 7.45. The van der Waals surface area contributed by atoms with Gasteiger partial charge in [0.1, 0.15) is 11.2 Å². The molecule has 0 bridgehead atoms. The van der Waals surface area contributed by atoms with Crippen molar-refractivity contribution < 1.29 is 19.1 Å². The minimum atomic E-state index is -1.03. The maximum atomic E-state index is 12.9. The first-order chi connectivity index (χ1) is 10.4. The van der Waals surface area contributed by atoms with Crippen molar-refractivity contribution in [2.45, 2.75) is 52.4 Å². The first-order valence-corrected chi connectivity index (χ1v) is 8.18. The van der Waals surface area contributed by atoms with E-state index in [2.05, 4.69) is 6.92 Å². The highest BCUT2D eigenvalue weighted by Crippen LogP contribution is 2.62. The highest BCUT2D eigenvalue weighted by Gasteiger charge is 2.64. The summed E-state index contributed by atoms with van der Waals surface area (Å²) in [6.45, 7) is 3.97. The van der Waals surface area contributed by atoms with Crippen LogP contribution in [0.5, 0.6) is 0 Å². The minimum Gasteiger partial charge on any atom is -0.468 e. The predicted molar refractivity (Wildman–Crippen MR) is 81.0 cm³/mol. The Bertz CT molecular complexity index is 576. The number of ketones is 2. The number of fused-ring (bicyclic) bond motifs is 3. The Hall–Kier alpha value is -1.45. The molecule has 0 saturated heterocycles. The molecule has 0 heterocycles. The van der Waals surface area contributed by atoms with Crippen LogP contribution in [0.3, 0.4) is 0 Å². The fourth-order valence-corrected chi connectivity index (χ4v) is 5.25. The number of rotatable bonds is 1. The van der Waals surface area contributed by atoms with Gasteiger partial charge in [0.2, 0.25) is 0 Å². The second kappa shape index (κ2) is 5.04. The lowest BCUT2D eigenvalue weighted by Crippen LogP contribution is -2.60. The van der Waals surface area contributed by atoms with Gasteiger partial charge >= 0.3 is 5.97 Å². The van der Waals surface area contributed by atoms with Gasteiger partial charge in [-0.05, 0) is 55.4 Å². The van der Waals surface area contributed by atoms with Gasteiger partial charge in [0, 0.05) is 12.8 Å². The first-order valence-electron chi connectivity index (χ1n) is 8.18. The van der Waals surface area contributed by atoms with E-state index in [1.54, 1.807) is 6.92 Å². The van der Waals surface area contributed by atoms with Crippen LogP contribution in [0.1, 0.15) is 52.4 Å². The van der Waals surface area contributed by atoms with Crippen molar-refractivity contribution >= 4 is 17.5 Å². The van der Waals surface area contributed by atoms with E-state index in [0.29, 0.717) is 30.6 Å². The van der Waals surface area contributed by atoms with Gasteiger partial charge < -0.3 is 4.74 Å². The van der Waals surface area contributed by atoms with Crippen molar-refractivity contribution in [2.24, 2.45) is 22.7 Å². The van der Waals surface area contributed by atoms with Crippen LogP contribution in [-0.4, -0.2) is 24.6 Å². The third-order valence-electron chi connectivity index (χ3n) is 6.60. The zero-order valence-electron chi connectivity index (χ0n) is 13.6. The van der Waals surface area contributed by atoms with Gasteiger partial charge in [0.05, 0.1) is 7.11 Å². The topological polar surface area (TPSA) is 60.4 Å². The Morgan fingerprint density at radius 1 is 1.32 bits per heavy atom. The van der Waals surface area contributed by atoms with E-state index in [1.807, 2.05) is 6.08 Å². The molecule has 3 rings (SSSR count). The molecule has 0 spiro atoms. The minimum absolute atomic E-state index is 0.0458. The van der Waals surface area contributed by atoms with Crippen LogP contribution >= 0.6 is 0 Å². The smallest absolute Gasteiger partial charge is 0.320 e. The Kier molecular flexibility index (Phi) is 3.54. The molecule has 4 nitrogen and oxygen atoms in total. The SMILES string of the molecule is COC(=O)[C@@]12CC[C@H]3CC(=O)CC[C@]3(C)[C@H]1CC=C(C)C2=O. The largest absolute Gasteiger partial charge is 0.468 e. The summed E-state index contributed by atoms with van der Waals surface area (Å²) in [6.07, 6.45) is 5.92. The van der Waals surface area contributed by atoms with Crippen molar-refractivity contribution in [1.29, 1.82) is 0 Å². The zero-order chi connectivity index (χ0) is 16.1. The van der Waals surface area contributed by atoms with Gasteiger partial charge in [-0.25, -0.2) is 0 Å². The highest BCUT2D eigenvalue weighted by atomic mass is 16.5. The van der Waals surface area contributed by atoms with Gasteiger partial charge in [-0.15, -0.1) is 0 Å². The number of ether oxygens (including phenoxy) is 1. The summed E-state index contributed by atoms with van der Waals surface area (Å²) < 4.78 is 5.06. The first kappa shape index (κ1) is 15.4. The molecule has 120 valence electrons. The molecule has 0 aromatic rings. The van der Waals surface area contributed by atoms with E-state index < -0.39 is 5.41 Å². The summed E-state index contributed by atoms with van der Waals surface area (Å²) in [5, 5.41) is 0. The third-order valence-corrected chi connectivity index (χ3v) is 6.60. The van der Waals surface area contributed by atoms with Crippen molar-refractivity contribution in [3.63, 3.8) is 0 Å². The summed E-state index contributed by atoms with van der Waals surface area (Å²) in [5.74, 6) is 0.118. The molecule has 0 aliphatic heterocycles. The maximum absolute atomic E-state index is 12.9. The van der Waals surface area contributed by atoms with Crippen molar-refractivity contribution in [3.05, 3.63) is 11.6 Å². The lowest BCUT2D eigenvalue weighted by molar-refractivity contribution is -0.177. The average Bonchev–Trinajstić information content (AvgIpc) is 2.51. The van der Waals surface area contributed by atoms with Crippen LogP contribution in [0.2, 0.25) is 0 Å². The van der Waals surface area contributed by atoms with E-state index in [1.165, 1.54) is 7.11 Å². The third kappa shape index (κ3) is 1.85. The van der Waals surface area contributed by atoms with Crippen LogP contribution in [0, 0.1) is 22.7 Å². The Labute approximate surface area is 131 Å². The van der Waals surface area contributed by atoms with E-state index >= 15 is 0 Å². The van der Waals surface area contributed by atoms with Gasteiger partial charge in [0.15, 0.2) is 5.78 Å². The van der Waals surface area contributed by atoms with Crippen LogP contribution in [-0.2, 0) is 19.1 Å². The molecule has 0 amide bonds. The van der Waals surface area contributed by atoms with E-state index in [4.69, 9.17) is 4.74 Å². The number of esters is 1. The quantitative estimate of drug-likeness (QED) is 0.552. The summed E-state index contributed by atoms with van der Waals surface area (Å²) in [7, 11) is 1.37. The number of carbonyl (C=O) groups excluding carboxylic acids is 3. The van der Waals surface area contributed by atoms with Crippen LogP contribution in [0.15, 0.2) is 11.6 Å². The molecule has 0 radical (unpaired) electrons. The molecular weight excluding hydrogens is 280 g/mol. The van der Waals surface area contributed by atoms with Crippen molar-refractivity contribution in [2.75, 3.05) is 7.11 Å². The molecule has 0 aromatic carbocycles. The summed E-state index contributed by atoms with van der Waals surface area (Å²) in [5.41, 5.74) is -0.484. The zero-order valence-corrected chi connectivity index (χ0v) is 13.6. The van der Waals surface area contributed by atoms with Gasteiger partial charge in [-0.1, -0.05) is 13.0 Å². The lowest BCUT2D eigenvalue weighted by Gasteiger charge is -2.57. The summed E-state index contributed by atoms with van der Waals surface area (Å²) in [6, 6.07) is 0. The number of hydrogen-bond donors (Lipinski definition) is 0. The monoisotopic (exact) mass is 304 g/mol. The van der Waals surface area contributed by atoms with Crippen LogP contribution < -0.4 is 0 Å². The van der Waals surface area contributed by atoms with E-state index in [9.17, 15) is 14.4 Å². The number of hydrogen-bond acceptors (Lipinski definition) is 4. The predicted octanol–water partition coefficient (Wildman–Crippen LogP) is 2.85. The molecule has 3 aliphatic carbocycles. The molecule has 22 heavy (non-hydrogen) atoms. The number of Topliss-reactive ketones (excluding diaryl/α,β-unsaturated/α-hetero) is 2. The number of carbonyl (C=O) groups is 3. The molecule has 4 atom stereocenters. The van der Waals surface area contributed by atoms with Crippen LogP contribution in [0.25, 0.3) is 0 Å². The van der Waals surface area contributed by atoms with Crippen LogP contribution in [0.4, 0.5) is 0 Å². The van der Waals surface area contributed by atoms with E-state index in [0.717, 1.165) is 19.3 Å². The fraction of sp³-hybridized carbons (Fsp3) is 0.722. The average molecular weight is 304 g/mol. The maximum Gasteiger partial charge on any atom is 0.320 e. The second-order valence-electron chi connectivity index (χ2n) is 7.45. The standard InChI is InChI=1S/C18H24O4/c1-11-4-5-14-17(2)8-7-13(19)10-12(17)6-9-18(14,15(11)20)16(21)22-3/h4,12,14H,5-10H2,1-3H3/t12-,14+,17-,18-/m0/s1. The molecule has 4 heteroatoms. The normalized spacial score (nSPS) is 41.3. The molecule has 3 aliphatic rings. The summed E-state index contributed by atoms with van der Waals surface area (Å²) >= 11 is 0.